The predicted octanol–water partition coefficient (Wildman–Crippen LogP) is 2.38. The molecule has 1 aromatic carbocycles. The SMILES string of the molecule is CCOc1c(F)cc(NCC(O)CCl)cc1F. The van der Waals surface area contributed by atoms with Crippen molar-refractivity contribution in [1.82, 2.24) is 0 Å². The van der Waals surface area contributed by atoms with Gasteiger partial charge in [0.25, 0.3) is 0 Å². The Morgan fingerprint density at radius 2 is 2.00 bits per heavy atom. The van der Waals surface area contributed by atoms with Gasteiger partial charge in [-0.05, 0) is 6.92 Å². The van der Waals surface area contributed by atoms with Crippen LogP contribution in [0.5, 0.6) is 5.75 Å². The minimum atomic E-state index is -0.783. The van der Waals surface area contributed by atoms with Gasteiger partial charge in [-0.15, -0.1) is 11.6 Å². The molecule has 0 spiro atoms. The first kappa shape index (κ1) is 14.0. The molecule has 1 atom stereocenters. The van der Waals surface area contributed by atoms with Gasteiger partial charge in [-0.2, -0.15) is 0 Å². The van der Waals surface area contributed by atoms with E-state index in [2.05, 4.69) is 5.32 Å². The molecule has 0 aromatic heterocycles. The van der Waals surface area contributed by atoms with E-state index in [-0.39, 0.29) is 24.7 Å². The maximum Gasteiger partial charge on any atom is 0.190 e. The summed E-state index contributed by atoms with van der Waals surface area (Å²) in [5, 5.41) is 11.9. The quantitative estimate of drug-likeness (QED) is 0.776. The van der Waals surface area contributed by atoms with Gasteiger partial charge in [0.15, 0.2) is 17.4 Å². The number of nitrogens with one attached hydrogen (secondary N) is 1. The van der Waals surface area contributed by atoms with E-state index in [1.54, 1.807) is 6.92 Å². The molecule has 0 aliphatic rings. The van der Waals surface area contributed by atoms with Gasteiger partial charge in [0.05, 0.1) is 18.6 Å². The molecule has 0 aliphatic heterocycles. The largest absolute Gasteiger partial charge is 0.488 e. The normalized spacial score (nSPS) is 12.3. The highest BCUT2D eigenvalue weighted by molar-refractivity contribution is 6.18. The van der Waals surface area contributed by atoms with E-state index < -0.39 is 23.5 Å². The lowest BCUT2D eigenvalue weighted by Crippen LogP contribution is -2.20. The zero-order valence-corrected chi connectivity index (χ0v) is 10.1. The number of rotatable bonds is 6. The lowest BCUT2D eigenvalue weighted by molar-refractivity contribution is 0.211. The number of aliphatic hydroxyl groups excluding tert-OH is 1. The van der Waals surface area contributed by atoms with Crippen LogP contribution in [-0.2, 0) is 0 Å². The molecular formula is C11H14ClF2NO2. The first-order valence-electron chi connectivity index (χ1n) is 5.18. The molecule has 0 radical (unpaired) electrons. The fraction of sp³-hybridized carbons (Fsp3) is 0.455. The van der Waals surface area contributed by atoms with Crippen molar-refractivity contribution in [2.75, 3.05) is 24.3 Å². The third-order valence-electron chi connectivity index (χ3n) is 2.01. The molecule has 1 aromatic rings. The minimum absolute atomic E-state index is 0.0506. The molecule has 2 N–H and O–H groups in total. The number of benzene rings is 1. The van der Waals surface area contributed by atoms with Crippen LogP contribution in [-0.4, -0.2) is 30.2 Å². The van der Waals surface area contributed by atoms with Crippen LogP contribution >= 0.6 is 11.6 Å². The molecule has 6 heteroatoms. The van der Waals surface area contributed by atoms with E-state index in [0.29, 0.717) is 0 Å². The van der Waals surface area contributed by atoms with E-state index in [1.165, 1.54) is 0 Å². The third kappa shape index (κ3) is 4.02. The van der Waals surface area contributed by atoms with Crippen LogP contribution in [0.1, 0.15) is 6.92 Å². The monoisotopic (exact) mass is 265 g/mol. The van der Waals surface area contributed by atoms with Gasteiger partial charge in [0, 0.05) is 24.4 Å². The van der Waals surface area contributed by atoms with Crippen LogP contribution in [0.3, 0.4) is 0 Å². The van der Waals surface area contributed by atoms with Crippen molar-refractivity contribution in [3.63, 3.8) is 0 Å². The number of alkyl halides is 1. The van der Waals surface area contributed by atoms with Crippen LogP contribution in [0.15, 0.2) is 12.1 Å². The van der Waals surface area contributed by atoms with Gasteiger partial charge in [0.1, 0.15) is 0 Å². The van der Waals surface area contributed by atoms with Crippen molar-refractivity contribution in [2.24, 2.45) is 0 Å². The summed E-state index contributed by atoms with van der Waals surface area (Å²) in [4.78, 5) is 0. The summed E-state index contributed by atoms with van der Waals surface area (Å²) in [6.45, 7) is 1.95. The van der Waals surface area contributed by atoms with Gasteiger partial charge in [-0.1, -0.05) is 0 Å². The number of halogens is 3. The van der Waals surface area contributed by atoms with Crippen LogP contribution in [0.25, 0.3) is 0 Å². The van der Waals surface area contributed by atoms with Gasteiger partial charge in [-0.25, -0.2) is 8.78 Å². The van der Waals surface area contributed by atoms with Crippen molar-refractivity contribution in [3.05, 3.63) is 23.8 Å². The van der Waals surface area contributed by atoms with Gasteiger partial charge in [-0.3, -0.25) is 0 Å². The first-order valence-corrected chi connectivity index (χ1v) is 5.71. The number of ether oxygens (including phenoxy) is 1. The van der Waals surface area contributed by atoms with E-state index in [0.717, 1.165) is 12.1 Å². The molecule has 0 bridgehead atoms. The third-order valence-corrected chi connectivity index (χ3v) is 2.36. The van der Waals surface area contributed by atoms with E-state index in [9.17, 15) is 13.9 Å². The summed E-state index contributed by atoms with van der Waals surface area (Å²) in [6.07, 6.45) is -0.769. The molecule has 0 saturated heterocycles. The Bertz CT molecular complexity index is 353. The Balaban J connectivity index is 2.76. The second-order valence-corrected chi connectivity index (χ2v) is 3.70. The molecule has 0 aliphatic carbocycles. The van der Waals surface area contributed by atoms with Crippen molar-refractivity contribution in [2.45, 2.75) is 13.0 Å². The Morgan fingerprint density at radius 3 is 2.47 bits per heavy atom. The molecule has 17 heavy (non-hydrogen) atoms. The molecule has 1 unspecified atom stereocenters. The fourth-order valence-corrected chi connectivity index (χ4v) is 1.34. The Hall–Kier alpha value is -1.07. The van der Waals surface area contributed by atoms with Crippen molar-refractivity contribution in [1.29, 1.82) is 0 Å². The van der Waals surface area contributed by atoms with Crippen molar-refractivity contribution >= 4 is 17.3 Å². The maximum absolute atomic E-state index is 13.4. The molecule has 0 heterocycles. The van der Waals surface area contributed by atoms with E-state index in [1.807, 2.05) is 0 Å². The minimum Gasteiger partial charge on any atom is -0.488 e. The fourth-order valence-electron chi connectivity index (χ4n) is 1.23. The summed E-state index contributed by atoms with van der Waals surface area (Å²) in [5.74, 6) is -1.91. The smallest absolute Gasteiger partial charge is 0.190 e. The van der Waals surface area contributed by atoms with Gasteiger partial charge < -0.3 is 15.2 Å². The summed E-state index contributed by atoms with van der Waals surface area (Å²) in [7, 11) is 0. The summed E-state index contributed by atoms with van der Waals surface area (Å²) >= 11 is 5.39. The molecule has 0 fully saturated rings. The average molecular weight is 266 g/mol. The number of aliphatic hydroxyl groups is 1. The Labute approximate surface area is 103 Å². The Kier molecular flexibility index (Phi) is 5.44. The lowest BCUT2D eigenvalue weighted by atomic mass is 10.2. The van der Waals surface area contributed by atoms with Crippen molar-refractivity contribution < 1.29 is 18.6 Å². The number of hydrogen-bond donors (Lipinski definition) is 2. The van der Waals surface area contributed by atoms with Crippen LogP contribution < -0.4 is 10.1 Å². The molecule has 0 amide bonds. The first-order chi connectivity index (χ1) is 8.08. The molecule has 1 rings (SSSR count). The van der Waals surface area contributed by atoms with Crippen LogP contribution in [0.2, 0.25) is 0 Å². The van der Waals surface area contributed by atoms with Crippen LogP contribution in [0, 0.1) is 11.6 Å². The van der Waals surface area contributed by atoms with Crippen molar-refractivity contribution in [3.8, 4) is 5.75 Å². The average Bonchev–Trinajstić information content (AvgIpc) is 2.30. The van der Waals surface area contributed by atoms with Crippen LogP contribution in [0.4, 0.5) is 14.5 Å². The second kappa shape index (κ2) is 6.61. The summed E-state index contributed by atoms with van der Waals surface area (Å²) < 4.78 is 31.6. The highest BCUT2D eigenvalue weighted by Gasteiger charge is 2.12. The summed E-state index contributed by atoms with van der Waals surface area (Å²) in [6, 6.07) is 2.21. The zero-order chi connectivity index (χ0) is 12.8. The highest BCUT2D eigenvalue weighted by atomic mass is 35.5. The summed E-state index contributed by atoms with van der Waals surface area (Å²) in [5.41, 5.74) is 0.229. The molecule has 3 nitrogen and oxygen atoms in total. The topological polar surface area (TPSA) is 41.5 Å². The molecular weight excluding hydrogens is 252 g/mol. The Morgan fingerprint density at radius 1 is 1.41 bits per heavy atom. The maximum atomic E-state index is 13.4. The van der Waals surface area contributed by atoms with Gasteiger partial charge >= 0.3 is 0 Å². The zero-order valence-electron chi connectivity index (χ0n) is 9.34. The van der Waals surface area contributed by atoms with E-state index in [4.69, 9.17) is 16.3 Å². The van der Waals surface area contributed by atoms with E-state index >= 15 is 0 Å². The molecule has 0 saturated carbocycles. The lowest BCUT2D eigenvalue weighted by Gasteiger charge is -2.12. The standard InChI is InChI=1S/C11H14ClF2NO2/c1-2-17-11-9(13)3-7(4-10(11)14)15-6-8(16)5-12/h3-4,8,15-16H,2,5-6H2,1H3. The number of anilines is 1. The number of hydrogen-bond acceptors (Lipinski definition) is 3. The predicted molar refractivity (Wildman–Crippen MR) is 62.7 cm³/mol. The second-order valence-electron chi connectivity index (χ2n) is 3.39. The van der Waals surface area contributed by atoms with Gasteiger partial charge in [0.2, 0.25) is 0 Å². The highest BCUT2D eigenvalue weighted by Crippen LogP contribution is 2.25. The molecule has 96 valence electrons.